The third-order valence-corrected chi connectivity index (χ3v) is 5.52. The Labute approximate surface area is 123 Å². The van der Waals surface area contributed by atoms with E-state index in [9.17, 15) is 8.60 Å². The van der Waals surface area contributed by atoms with Crippen LogP contribution in [0.1, 0.15) is 39.0 Å². The topological polar surface area (TPSA) is 29.1 Å². The van der Waals surface area contributed by atoms with Gasteiger partial charge in [-0.15, -0.1) is 0 Å². The zero-order valence-corrected chi connectivity index (χ0v) is 12.9. The number of benzene rings is 1. The first-order valence-electron chi connectivity index (χ1n) is 7.58. The SMILES string of the molecule is CCNC(CS(=O)c1cccc(F)c1)C1CCCCC1. The fourth-order valence-corrected chi connectivity index (χ4v) is 4.41. The van der Waals surface area contributed by atoms with E-state index in [1.54, 1.807) is 12.1 Å². The van der Waals surface area contributed by atoms with E-state index < -0.39 is 10.8 Å². The summed E-state index contributed by atoms with van der Waals surface area (Å²) in [6, 6.07) is 6.45. The molecule has 0 amide bonds. The first-order chi connectivity index (χ1) is 9.70. The quantitative estimate of drug-likeness (QED) is 0.871. The average Bonchev–Trinajstić information content (AvgIpc) is 2.47. The molecule has 1 aliphatic carbocycles. The standard InChI is InChI=1S/C16H24FNOS/c1-2-18-16(13-7-4-3-5-8-13)12-20(19)15-10-6-9-14(17)11-15/h6,9-11,13,16,18H,2-5,7-8,12H2,1H3. The normalized spacial score (nSPS) is 19.7. The van der Waals surface area contributed by atoms with Crippen molar-refractivity contribution in [3.63, 3.8) is 0 Å². The van der Waals surface area contributed by atoms with Crippen LogP contribution in [-0.2, 0) is 10.8 Å². The maximum atomic E-state index is 13.2. The van der Waals surface area contributed by atoms with Crippen LogP contribution < -0.4 is 5.32 Å². The number of hydrogen-bond donors (Lipinski definition) is 1. The molecule has 0 radical (unpaired) electrons. The van der Waals surface area contributed by atoms with Crippen molar-refractivity contribution in [1.29, 1.82) is 0 Å². The molecule has 2 unspecified atom stereocenters. The largest absolute Gasteiger partial charge is 0.313 e. The highest BCUT2D eigenvalue weighted by Crippen LogP contribution is 2.27. The molecule has 2 rings (SSSR count). The molecule has 1 N–H and O–H groups in total. The predicted molar refractivity (Wildman–Crippen MR) is 81.7 cm³/mol. The third kappa shape index (κ3) is 4.38. The zero-order valence-electron chi connectivity index (χ0n) is 12.1. The fourth-order valence-electron chi connectivity index (χ4n) is 3.03. The van der Waals surface area contributed by atoms with Gasteiger partial charge in [0.1, 0.15) is 5.82 Å². The Morgan fingerprint density at radius 3 is 2.75 bits per heavy atom. The van der Waals surface area contributed by atoms with Crippen LogP contribution in [0.3, 0.4) is 0 Å². The van der Waals surface area contributed by atoms with Gasteiger partial charge >= 0.3 is 0 Å². The van der Waals surface area contributed by atoms with Gasteiger partial charge in [0.15, 0.2) is 0 Å². The highest BCUT2D eigenvalue weighted by molar-refractivity contribution is 7.85. The van der Waals surface area contributed by atoms with E-state index in [4.69, 9.17) is 0 Å². The third-order valence-electron chi connectivity index (χ3n) is 4.08. The lowest BCUT2D eigenvalue weighted by Crippen LogP contribution is -2.41. The summed E-state index contributed by atoms with van der Waals surface area (Å²) in [4.78, 5) is 0.601. The van der Waals surface area contributed by atoms with Crippen molar-refractivity contribution in [2.75, 3.05) is 12.3 Å². The van der Waals surface area contributed by atoms with Crippen molar-refractivity contribution in [3.05, 3.63) is 30.1 Å². The van der Waals surface area contributed by atoms with Gasteiger partial charge in [0.25, 0.3) is 0 Å². The zero-order chi connectivity index (χ0) is 14.4. The van der Waals surface area contributed by atoms with Crippen molar-refractivity contribution in [3.8, 4) is 0 Å². The second-order valence-electron chi connectivity index (χ2n) is 5.53. The molecule has 1 saturated carbocycles. The molecule has 0 bridgehead atoms. The second-order valence-corrected chi connectivity index (χ2v) is 7.03. The molecule has 0 heterocycles. The van der Waals surface area contributed by atoms with Crippen LogP contribution in [0.2, 0.25) is 0 Å². The summed E-state index contributed by atoms with van der Waals surface area (Å²) >= 11 is 0. The van der Waals surface area contributed by atoms with E-state index in [-0.39, 0.29) is 11.9 Å². The Morgan fingerprint density at radius 1 is 1.35 bits per heavy atom. The predicted octanol–water partition coefficient (Wildman–Crippen LogP) is 3.49. The van der Waals surface area contributed by atoms with Gasteiger partial charge < -0.3 is 5.32 Å². The highest BCUT2D eigenvalue weighted by Gasteiger charge is 2.25. The van der Waals surface area contributed by atoms with Crippen LogP contribution in [0.4, 0.5) is 4.39 Å². The minimum atomic E-state index is -1.13. The number of rotatable bonds is 6. The summed E-state index contributed by atoms with van der Waals surface area (Å²) < 4.78 is 25.6. The van der Waals surface area contributed by atoms with Gasteiger partial charge in [0.05, 0.1) is 10.8 Å². The lowest BCUT2D eigenvalue weighted by molar-refractivity contribution is 0.287. The Bertz CT molecular complexity index is 446. The molecule has 2 atom stereocenters. The monoisotopic (exact) mass is 297 g/mol. The summed E-state index contributed by atoms with van der Waals surface area (Å²) in [5.74, 6) is 0.886. The van der Waals surface area contributed by atoms with Crippen molar-refractivity contribution in [1.82, 2.24) is 5.32 Å². The summed E-state index contributed by atoms with van der Waals surface area (Å²) in [7, 11) is -1.13. The Balaban J connectivity index is 2.01. The van der Waals surface area contributed by atoms with Crippen LogP contribution in [0.15, 0.2) is 29.2 Å². The summed E-state index contributed by atoms with van der Waals surface area (Å²) in [5, 5.41) is 3.48. The fraction of sp³-hybridized carbons (Fsp3) is 0.625. The van der Waals surface area contributed by atoms with Gasteiger partial charge in [-0.2, -0.15) is 0 Å². The maximum Gasteiger partial charge on any atom is 0.124 e. The van der Waals surface area contributed by atoms with E-state index in [0.29, 0.717) is 16.6 Å². The highest BCUT2D eigenvalue weighted by atomic mass is 32.2. The molecular formula is C16H24FNOS. The van der Waals surface area contributed by atoms with Gasteiger partial charge in [0.2, 0.25) is 0 Å². The van der Waals surface area contributed by atoms with E-state index >= 15 is 0 Å². The van der Waals surface area contributed by atoms with Crippen molar-refractivity contribution >= 4 is 10.8 Å². The smallest absolute Gasteiger partial charge is 0.124 e. The minimum Gasteiger partial charge on any atom is -0.313 e. The first kappa shape index (κ1) is 15.6. The van der Waals surface area contributed by atoms with Crippen molar-refractivity contribution in [2.45, 2.75) is 50.0 Å². The molecular weight excluding hydrogens is 273 g/mol. The van der Waals surface area contributed by atoms with Gasteiger partial charge in [0, 0.05) is 16.7 Å². The van der Waals surface area contributed by atoms with Crippen LogP contribution in [0.5, 0.6) is 0 Å². The first-order valence-corrected chi connectivity index (χ1v) is 8.90. The molecule has 20 heavy (non-hydrogen) atoms. The lowest BCUT2D eigenvalue weighted by atomic mass is 9.84. The van der Waals surface area contributed by atoms with Crippen LogP contribution >= 0.6 is 0 Å². The molecule has 1 aromatic rings. The Hall–Kier alpha value is -0.740. The molecule has 2 nitrogen and oxygen atoms in total. The van der Waals surface area contributed by atoms with Crippen LogP contribution in [0.25, 0.3) is 0 Å². The summed E-state index contributed by atoms with van der Waals surface area (Å²) in [5.41, 5.74) is 0. The molecule has 4 heteroatoms. The van der Waals surface area contributed by atoms with Gasteiger partial charge in [-0.05, 0) is 43.5 Å². The molecule has 0 saturated heterocycles. The minimum absolute atomic E-state index is 0.282. The van der Waals surface area contributed by atoms with Gasteiger partial charge in [-0.1, -0.05) is 32.3 Å². The van der Waals surface area contributed by atoms with Gasteiger partial charge in [-0.25, -0.2) is 4.39 Å². The Kier molecular flexibility index (Phi) is 6.17. The Morgan fingerprint density at radius 2 is 2.10 bits per heavy atom. The molecule has 0 aliphatic heterocycles. The van der Waals surface area contributed by atoms with Crippen molar-refractivity contribution in [2.24, 2.45) is 5.92 Å². The molecule has 0 aromatic heterocycles. The molecule has 112 valence electrons. The van der Waals surface area contributed by atoms with Crippen LogP contribution in [0, 0.1) is 11.7 Å². The maximum absolute atomic E-state index is 13.2. The van der Waals surface area contributed by atoms with Crippen molar-refractivity contribution < 1.29 is 8.60 Å². The number of halogens is 1. The molecule has 1 fully saturated rings. The molecule has 1 aromatic carbocycles. The second kappa shape index (κ2) is 7.89. The van der Waals surface area contributed by atoms with E-state index in [1.807, 2.05) is 0 Å². The summed E-state index contributed by atoms with van der Waals surface area (Å²) in [6.45, 7) is 2.97. The molecule has 0 spiro atoms. The lowest BCUT2D eigenvalue weighted by Gasteiger charge is -2.30. The van der Waals surface area contributed by atoms with E-state index in [0.717, 1.165) is 6.54 Å². The number of nitrogens with one attached hydrogen (secondary N) is 1. The van der Waals surface area contributed by atoms with E-state index in [1.165, 1.54) is 44.2 Å². The molecule has 1 aliphatic rings. The average molecular weight is 297 g/mol. The van der Waals surface area contributed by atoms with E-state index in [2.05, 4.69) is 12.2 Å². The van der Waals surface area contributed by atoms with Crippen LogP contribution in [-0.4, -0.2) is 22.5 Å². The summed E-state index contributed by atoms with van der Waals surface area (Å²) in [6.07, 6.45) is 6.32. The number of hydrogen-bond acceptors (Lipinski definition) is 2. The van der Waals surface area contributed by atoms with Gasteiger partial charge in [-0.3, -0.25) is 4.21 Å².